The number of hydrogen-bond donors (Lipinski definition) is 1. The van der Waals surface area contributed by atoms with Crippen LogP contribution in [0.4, 0.5) is 5.13 Å². The maximum Gasteiger partial charge on any atom is 0.277 e. The van der Waals surface area contributed by atoms with Gasteiger partial charge in [0.05, 0.1) is 18.4 Å². The topological polar surface area (TPSA) is 91.3 Å². The highest BCUT2D eigenvalue weighted by Gasteiger charge is 2.26. The SMILES string of the molecule is CC(C)N(C(=O)CN1CCc2nc(NC(=O)c3cnccn3)sc2C1)C(C)C. The molecular weight excluding hydrogens is 376 g/mol. The summed E-state index contributed by atoms with van der Waals surface area (Å²) < 4.78 is 0. The summed E-state index contributed by atoms with van der Waals surface area (Å²) in [5.74, 6) is -0.176. The van der Waals surface area contributed by atoms with Crippen molar-refractivity contribution in [3.05, 3.63) is 34.9 Å². The molecule has 0 radical (unpaired) electrons. The second-order valence-corrected chi connectivity index (χ2v) is 8.47. The minimum atomic E-state index is -0.323. The Hall–Kier alpha value is -2.39. The van der Waals surface area contributed by atoms with Gasteiger partial charge in [-0.1, -0.05) is 0 Å². The first-order chi connectivity index (χ1) is 13.3. The number of carbonyl (C=O) groups is 2. The molecule has 28 heavy (non-hydrogen) atoms. The fraction of sp³-hybridized carbons (Fsp3) is 0.526. The lowest BCUT2D eigenvalue weighted by atomic mass is 10.1. The van der Waals surface area contributed by atoms with Crippen LogP contribution in [0.3, 0.4) is 0 Å². The molecule has 1 aliphatic heterocycles. The minimum Gasteiger partial charge on any atom is -0.337 e. The van der Waals surface area contributed by atoms with Gasteiger partial charge in [0.2, 0.25) is 5.91 Å². The van der Waals surface area contributed by atoms with Crippen LogP contribution in [0.25, 0.3) is 0 Å². The Kier molecular flexibility index (Phi) is 6.35. The fourth-order valence-corrected chi connectivity index (χ4v) is 4.51. The maximum atomic E-state index is 12.7. The third-order valence-corrected chi connectivity index (χ3v) is 5.58. The van der Waals surface area contributed by atoms with Crippen LogP contribution < -0.4 is 5.32 Å². The first-order valence-corrected chi connectivity index (χ1v) is 10.3. The second-order valence-electron chi connectivity index (χ2n) is 7.38. The predicted octanol–water partition coefficient (Wildman–Crippen LogP) is 2.19. The molecule has 0 bridgehead atoms. The molecule has 0 fully saturated rings. The number of rotatable bonds is 6. The summed E-state index contributed by atoms with van der Waals surface area (Å²) >= 11 is 1.45. The molecule has 0 saturated carbocycles. The number of carbonyl (C=O) groups excluding carboxylic acids is 2. The lowest BCUT2D eigenvalue weighted by molar-refractivity contribution is -0.136. The van der Waals surface area contributed by atoms with E-state index in [1.165, 1.54) is 29.9 Å². The zero-order valence-corrected chi connectivity index (χ0v) is 17.5. The van der Waals surface area contributed by atoms with Crippen LogP contribution in [0, 0.1) is 0 Å². The van der Waals surface area contributed by atoms with Crippen LogP contribution in [-0.2, 0) is 17.8 Å². The Morgan fingerprint density at radius 2 is 2.00 bits per heavy atom. The Labute approximate surface area is 169 Å². The lowest BCUT2D eigenvalue weighted by Crippen LogP contribution is -2.47. The largest absolute Gasteiger partial charge is 0.337 e. The number of aromatic nitrogens is 3. The van der Waals surface area contributed by atoms with E-state index in [-0.39, 0.29) is 29.6 Å². The standard InChI is InChI=1S/C19H26N6O2S/c1-12(2)25(13(3)4)17(26)11-24-8-5-14-16(10-24)28-19(22-14)23-18(27)15-9-20-6-7-21-15/h6-7,9,12-13H,5,8,10-11H2,1-4H3,(H,22,23,27). The van der Waals surface area contributed by atoms with E-state index in [4.69, 9.17) is 0 Å². The number of nitrogens with zero attached hydrogens (tertiary/aromatic N) is 5. The van der Waals surface area contributed by atoms with Gasteiger partial charge in [0, 0.05) is 48.9 Å². The summed E-state index contributed by atoms with van der Waals surface area (Å²) in [5, 5.41) is 3.35. The average Bonchev–Trinajstić information content (AvgIpc) is 3.03. The third-order valence-electron chi connectivity index (χ3n) is 4.59. The van der Waals surface area contributed by atoms with Gasteiger partial charge in [0.1, 0.15) is 5.69 Å². The van der Waals surface area contributed by atoms with E-state index in [0.717, 1.165) is 23.5 Å². The first kappa shape index (κ1) is 20.3. The first-order valence-electron chi connectivity index (χ1n) is 9.44. The van der Waals surface area contributed by atoms with E-state index in [9.17, 15) is 9.59 Å². The second kappa shape index (κ2) is 8.74. The summed E-state index contributed by atoms with van der Waals surface area (Å²) in [5.41, 5.74) is 1.25. The van der Waals surface area contributed by atoms with Crippen molar-refractivity contribution in [2.75, 3.05) is 18.4 Å². The van der Waals surface area contributed by atoms with E-state index in [2.05, 4.69) is 25.2 Å². The average molecular weight is 403 g/mol. The molecule has 150 valence electrons. The molecule has 3 heterocycles. The lowest BCUT2D eigenvalue weighted by Gasteiger charge is -2.34. The molecule has 9 heteroatoms. The van der Waals surface area contributed by atoms with Crippen molar-refractivity contribution in [1.29, 1.82) is 0 Å². The van der Waals surface area contributed by atoms with Crippen LogP contribution in [0.2, 0.25) is 0 Å². The van der Waals surface area contributed by atoms with Crippen molar-refractivity contribution in [3.8, 4) is 0 Å². The molecular formula is C19H26N6O2S. The van der Waals surface area contributed by atoms with Crippen molar-refractivity contribution in [2.24, 2.45) is 0 Å². The van der Waals surface area contributed by atoms with Crippen LogP contribution >= 0.6 is 11.3 Å². The van der Waals surface area contributed by atoms with Gasteiger partial charge in [-0.25, -0.2) is 9.97 Å². The molecule has 0 atom stereocenters. The molecule has 0 aromatic carbocycles. The molecule has 1 aliphatic rings. The molecule has 2 aromatic rings. The molecule has 0 saturated heterocycles. The van der Waals surface area contributed by atoms with Gasteiger partial charge >= 0.3 is 0 Å². The Morgan fingerprint density at radius 3 is 2.64 bits per heavy atom. The third kappa shape index (κ3) is 4.71. The van der Waals surface area contributed by atoms with Crippen molar-refractivity contribution in [1.82, 2.24) is 24.8 Å². The summed E-state index contributed by atoms with van der Waals surface area (Å²) in [4.78, 5) is 42.6. The minimum absolute atomic E-state index is 0.147. The monoisotopic (exact) mass is 402 g/mol. The predicted molar refractivity (Wildman–Crippen MR) is 108 cm³/mol. The molecule has 0 aliphatic carbocycles. The highest BCUT2D eigenvalue weighted by atomic mass is 32.1. The van der Waals surface area contributed by atoms with Crippen molar-refractivity contribution in [2.45, 2.75) is 52.7 Å². The van der Waals surface area contributed by atoms with E-state index in [0.29, 0.717) is 18.2 Å². The molecule has 0 unspecified atom stereocenters. The quantitative estimate of drug-likeness (QED) is 0.796. The van der Waals surface area contributed by atoms with Gasteiger partial charge < -0.3 is 4.90 Å². The number of anilines is 1. The molecule has 2 aromatic heterocycles. The zero-order chi connectivity index (χ0) is 20.3. The summed E-state index contributed by atoms with van der Waals surface area (Å²) in [6, 6.07) is 0.360. The van der Waals surface area contributed by atoms with Gasteiger partial charge in [-0.05, 0) is 27.7 Å². The van der Waals surface area contributed by atoms with Gasteiger partial charge in [0.25, 0.3) is 5.91 Å². The smallest absolute Gasteiger partial charge is 0.277 e. The number of thiazole rings is 1. The molecule has 0 spiro atoms. The fourth-order valence-electron chi connectivity index (χ4n) is 3.46. The van der Waals surface area contributed by atoms with Gasteiger partial charge in [-0.2, -0.15) is 0 Å². The Bertz CT molecular complexity index is 828. The van der Waals surface area contributed by atoms with Crippen LogP contribution in [0.1, 0.15) is 48.8 Å². The van der Waals surface area contributed by atoms with Crippen LogP contribution in [-0.4, -0.2) is 61.7 Å². The van der Waals surface area contributed by atoms with Crippen molar-refractivity contribution < 1.29 is 9.59 Å². The Morgan fingerprint density at radius 1 is 1.25 bits per heavy atom. The van der Waals surface area contributed by atoms with Gasteiger partial charge in [0.15, 0.2) is 5.13 Å². The van der Waals surface area contributed by atoms with E-state index in [1.807, 2.05) is 32.6 Å². The summed E-state index contributed by atoms with van der Waals surface area (Å²) in [6.45, 7) is 10.0. The van der Waals surface area contributed by atoms with Crippen molar-refractivity contribution in [3.63, 3.8) is 0 Å². The Balaban J connectivity index is 1.63. The molecule has 2 amide bonds. The molecule has 8 nitrogen and oxygen atoms in total. The number of fused-ring (bicyclic) bond motifs is 1. The van der Waals surface area contributed by atoms with Crippen LogP contribution in [0.5, 0.6) is 0 Å². The highest BCUT2D eigenvalue weighted by molar-refractivity contribution is 7.15. The number of amides is 2. The maximum absolute atomic E-state index is 12.7. The molecule has 3 rings (SSSR count). The summed E-state index contributed by atoms with van der Waals surface area (Å²) in [6.07, 6.45) is 5.19. The molecule has 1 N–H and O–H groups in total. The van der Waals surface area contributed by atoms with E-state index in [1.54, 1.807) is 0 Å². The van der Waals surface area contributed by atoms with Gasteiger partial charge in [-0.3, -0.25) is 24.8 Å². The van der Waals surface area contributed by atoms with E-state index >= 15 is 0 Å². The van der Waals surface area contributed by atoms with Crippen LogP contribution in [0.15, 0.2) is 18.6 Å². The highest BCUT2D eigenvalue weighted by Crippen LogP contribution is 2.28. The van der Waals surface area contributed by atoms with E-state index < -0.39 is 0 Å². The normalized spacial score (nSPS) is 14.2. The summed E-state index contributed by atoms with van der Waals surface area (Å²) in [7, 11) is 0. The number of hydrogen-bond acceptors (Lipinski definition) is 7. The zero-order valence-electron chi connectivity index (χ0n) is 16.7. The van der Waals surface area contributed by atoms with Crippen molar-refractivity contribution >= 4 is 28.3 Å². The number of nitrogens with one attached hydrogen (secondary N) is 1. The van der Waals surface area contributed by atoms with Gasteiger partial charge in [-0.15, -0.1) is 11.3 Å².